The normalized spacial score (nSPS) is 11.3. The van der Waals surface area contributed by atoms with E-state index in [0.29, 0.717) is 23.4 Å². The van der Waals surface area contributed by atoms with Crippen molar-refractivity contribution in [2.45, 2.75) is 26.4 Å². The van der Waals surface area contributed by atoms with Crippen LogP contribution >= 0.6 is 0 Å². The second-order valence-corrected chi connectivity index (χ2v) is 6.20. The molecule has 0 fully saturated rings. The van der Waals surface area contributed by atoms with Crippen LogP contribution < -0.4 is 5.32 Å². The van der Waals surface area contributed by atoms with Gasteiger partial charge in [-0.2, -0.15) is 0 Å². The van der Waals surface area contributed by atoms with E-state index in [0.717, 1.165) is 31.6 Å². The molecule has 3 aromatic heterocycles. The molecule has 3 heterocycles. The third-order valence-electron chi connectivity index (χ3n) is 3.99. The predicted molar refractivity (Wildman–Crippen MR) is 98.0 cm³/mol. The van der Waals surface area contributed by atoms with Crippen LogP contribution in [0.2, 0.25) is 0 Å². The summed E-state index contributed by atoms with van der Waals surface area (Å²) in [4.78, 5) is 15.0. The van der Waals surface area contributed by atoms with E-state index in [1.165, 1.54) is 6.07 Å². The van der Waals surface area contributed by atoms with Gasteiger partial charge in [-0.1, -0.05) is 0 Å². The van der Waals surface area contributed by atoms with Crippen molar-refractivity contribution in [3.63, 3.8) is 0 Å². The maximum absolute atomic E-state index is 13.0. The monoisotopic (exact) mass is 355 g/mol. The average Bonchev–Trinajstić information content (AvgIpc) is 3.15. The highest BCUT2D eigenvalue weighted by atomic mass is 19.1. The number of hydrogen-bond donors (Lipinski definition) is 1. The number of furan rings is 1. The Kier molecular flexibility index (Phi) is 5.91. The van der Waals surface area contributed by atoms with Crippen molar-refractivity contribution in [3.8, 4) is 11.5 Å². The van der Waals surface area contributed by atoms with E-state index in [1.807, 2.05) is 12.1 Å². The summed E-state index contributed by atoms with van der Waals surface area (Å²) in [5, 5.41) is 3.31. The Morgan fingerprint density at radius 2 is 2.08 bits per heavy atom. The lowest BCUT2D eigenvalue weighted by atomic mass is 10.3. The van der Waals surface area contributed by atoms with E-state index in [2.05, 4.69) is 39.0 Å². The van der Waals surface area contributed by atoms with Gasteiger partial charge in [0.25, 0.3) is 0 Å². The zero-order valence-corrected chi connectivity index (χ0v) is 14.9. The van der Waals surface area contributed by atoms with Crippen LogP contribution in [0, 0.1) is 5.82 Å². The van der Waals surface area contributed by atoms with Gasteiger partial charge in [0.1, 0.15) is 23.1 Å². The van der Waals surface area contributed by atoms with Crippen LogP contribution in [-0.2, 0) is 6.54 Å². The highest BCUT2D eigenvalue weighted by molar-refractivity contribution is 5.51. The van der Waals surface area contributed by atoms with Crippen molar-refractivity contribution in [2.75, 3.05) is 18.4 Å². The molecule has 0 aromatic carbocycles. The van der Waals surface area contributed by atoms with Crippen molar-refractivity contribution >= 4 is 5.82 Å². The van der Waals surface area contributed by atoms with Gasteiger partial charge in [0, 0.05) is 25.3 Å². The van der Waals surface area contributed by atoms with Gasteiger partial charge in [-0.25, -0.2) is 19.3 Å². The summed E-state index contributed by atoms with van der Waals surface area (Å²) in [5.74, 6) is 1.74. The highest BCUT2D eigenvalue weighted by Crippen LogP contribution is 2.14. The van der Waals surface area contributed by atoms with E-state index in [-0.39, 0.29) is 5.82 Å². The third-order valence-corrected chi connectivity index (χ3v) is 3.99. The summed E-state index contributed by atoms with van der Waals surface area (Å²) in [7, 11) is 0. The lowest BCUT2D eigenvalue weighted by Crippen LogP contribution is -2.34. The Hall–Kier alpha value is -2.80. The van der Waals surface area contributed by atoms with Crippen LogP contribution in [0.3, 0.4) is 0 Å². The Balaban J connectivity index is 1.58. The quantitative estimate of drug-likeness (QED) is 0.666. The van der Waals surface area contributed by atoms with Gasteiger partial charge < -0.3 is 9.73 Å². The lowest BCUT2D eigenvalue weighted by Gasteiger charge is -2.25. The molecule has 0 unspecified atom stereocenters. The minimum Gasteiger partial charge on any atom is -0.468 e. The molecule has 0 amide bonds. The average molecular weight is 355 g/mol. The molecule has 0 aliphatic carbocycles. The minimum atomic E-state index is -0.381. The molecule has 0 saturated heterocycles. The highest BCUT2D eigenvalue weighted by Gasteiger charge is 2.11. The maximum atomic E-state index is 13.0. The zero-order valence-electron chi connectivity index (χ0n) is 14.9. The predicted octanol–water partition coefficient (Wildman–Crippen LogP) is 3.59. The minimum absolute atomic E-state index is 0.381. The topological polar surface area (TPSA) is 67.1 Å². The van der Waals surface area contributed by atoms with Gasteiger partial charge in [0.2, 0.25) is 0 Å². The Morgan fingerprint density at radius 1 is 1.19 bits per heavy atom. The van der Waals surface area contributed by atoms with Crippen molar-refractivity contribution in [2.24, 2.45) is 0 Å². The van der Waals surface area contributed by atoms with Crippen molar-refractivity contribution in [1.29, 1.82) is 0 Å². The number of nitrogens with zero attached hydrogens (tertiary/aromatic N) is 4. The lowest BCUT2D eigenvalue weighted by molar-refractivity contribution is 0.204. The number of pyridine rings is 1. The van der Waals surface area contributed by atoms with Crippen LogP contribution in [0.1, 0.15) is 19.6 Å². The Labute approximate surface area is 152 Å². The molecule has 3 aromatic rings. The van der Waals surface area contributed by atoms with Gasteiger partial charge in [-0.3, -0.25) is 4.90 Å². The van der Waals surface area contributed by atoms with Crippen LogP contribution in [0.15, 0.2) is 53.4 Å². The SMILES string of the molecule is CC(C)N(CCNc1ccnc(-c2ccc(F)cn2)n1)Cc1ccco1. The van der Waals surface area contributed by atoms with Gasteiger partial charge in [-0.05, 0) is 44.2 Å². The number of anilines is 1. The molecular weight excluding hydrogens is 333 g/mol. The van der Waals surface area contributed by atoms with E-state index < -0.39 is 0 Å². The van der Waals surface area contributed by atoms with E-state index in [4.69, 9.17) is 4.42 Å². The molecule has 136 valence electrons. The molecule has 3 rings (SSSR count). The fraction of sp³-hybridized carbons (Fsp3) is 0.316. The van der Waals surface area contributed by atoms with Gasteiger partial charge in [0.15, 0.2) is 5.82 Å². The zero-order chi connectivity index (χ0) is 18.4. The molecule has 0 aliphatic heterocycles. The first kappa shape index (κ1) is 18.0. The smallest absolute Gasteiger partial charge is 0.180 e. The number of aromatic nitrogens is 3. The summed E-state index contributed by atoms with van der Waals surface area (Å²) in [6.45, 7) is 6.65. The first-order chi connectivity index (χ1) is 12.6. The van der Waals surface area contributed by atoms with Crippen LogP contribution in [0.25, 0.3) is 11.5 Å². The van der Waals surface area contributed by atoms with E-state index in [1.54, 1.807) is 24.6 Å². The van der Waals surface area contributed by atoms with Crippen LogP contribution in [-0.4, -0.2) is 39.0 Å². The number of rotatable bonds is 8. The molecule has 0 saturated carbocycles. The van der Waals surface area contributed by atoms with Crippen LogP contribution in [0.4, 0.5) is 10.2 Å². The summed E-state index contributed by atoms with van der Waals surface area (Å²) in [6, 6.07) is 9.00. The standard InChI is InChI=1S/C19H22FN5O/c1-14(2)25(13-16-4-3-11-26-16)10-9-21-18-7-8-22-19(24-18)17-6-5-15(20)12-23-17/h3-8,11-12,14H,9-10,13H2,1-2H3,(H,21,22,24). The van der Waals surface area contributed by atoms with Crippen molar-refractivity contribution < 1.29 is 8.81 Å². The number of nitrogens with one attached hydrogen (secondary N) is 1. The molecule has 0 bridgehead atoms. The second-order valence-electron chi connectivity index (χ2n) is 6.20. The molecule has 0 spiro atoms. The van der Waals surface area contributed by atoms with E-state index >= 15 is 0 Å². The second kappa shape index (κ2) is 8.53. The third kappa shape index (κ3) is 4.86. The molecule has 0 atom stereocenters. The Bertz CT molecular complexity index is 805. The van der Waals surface area contributed by atoms with Gasteiger partial charge in [-0.15, -0.1) is 0 Å². The first-order valence-electron chi connectivity index (χ1n) is 8.57. The fourth-order valence-corrected chi connectivity index (χ4v) is 2.54. The maximum Gasteiger partial charge on any atom is 0.180 e. The summed E-state index contributed by atoms with van der Waals surface area (Å²) < 4.78 is 18.4. The van der Waals surface area contributed by atoms with Gasteiger partial charge >= 0.3 is 0 Å². The van der Waals surface area contributed by atoms with Crippen LogP contribution in [0.5, 0.6) is 0 Å². The summed E-state index contributed by atoms with van der Waals surface area (Å²) >= 11 is 0. The van der Waals surface area contributed by atoms with Gasteiger partial charge in [0.05, 0.1) is 19.0 Å². The molecular formula is C19H22FN5O. The molecule has 1 N–H and O–H groups in total. The molecule has 6 nitrogen and oxygen atoms in total. The number of halogens is 1. The molecule has 26 heavy (non-hydrogen) atoms. The van der Waals surface area contributed by atoms with E-state index in [9.17, 15) is 4.39 Å². The molecule has 0 radical (unpaired) electrons. The Morgan fingerprint density at radius 3 is 2.77 bits per heavy atom. The first-order valence-corrected chi connectivity index (χ1v) is 8.57. The van der Waals surface area contributed by atoms with Crippen molar-refractivity contribution in [1.82, 2.24) is 19.9 Å². The molecule has 7 heteroatoms. The van der Waals surface area contributed by atoms with Crippen molar-refractivity contribution in [3.05, 3.63) is 60.6 Å². The fourth-order valence-electron chi connectivity index (χ4n) is 2.54. The number of hydrogen-bond acceptors (Lipinski definition) is 6. The summed E-state index contributed by atoms with van der Waals surface area (Å²) in [6.07, 6.45) is 4.52. The molecule has 0 aliphatic rings. The largest absolute Gasteiger partial charge is 0.468 e. The summed E-state index contributed by atoms with van der Waals surface area (Å²) in [5.41, 5.74) is 0.539.